The first-order valence-electron chi connectivity index (χ1n) is 11.3. The van der Waals surface area contributed by atoms with Crippen molar-refractivity contribution in [1.29, 1.82) is 0 Å². The molecule has 158 valence electrons. The molecule has 4 aromatic carbocycles. The third-order valence-electron chi connectivity index (χ3n) is 7.02. The Morgan fingerprint density at radius 1 is 0.697 bits per heavy atom. The maximum Gasteiger partial charge on any atom is 0.145 e. The predicted molar refractivity (Wildman–Crippen MR) is 138 cm³/mol. The minimum absolute atomic E-state index is 0.385. The Labute approximate surface area is 196 Å². The molecule has 6 aromatic rings. The molecule has 0 saturated carbocycles. The van der Waals surface area contributed by atoms with Crippen LogP contribution in [0.1, 0.15) is 28.1 Å². The van der Waals surface area contributed by atoms with Crippen molar-refractivity contribution in [3.05, 3.63) is 125 Å². The zero-order valence-electron chi connectivity index (χ0n) is 18.5. The number of fused-ring (bicyclic) bond motifs is 3. The molecule has 0 bridgehead atoms. The summed E-state index contributed by atoms with van der Waals surface area (Å²) in [4.78, 5) is 6.52. The Balaban J connectivity index is 1.77. The Hall–Kier alpha value is -3.56. The van der Waals surface area contributed by atoms with E-state index in [1.54, 1.807) is 0 Å². The van der Waals surface area contributed by atoms with Crippen LogP contribution in [0.5, 0.6) is 0 Å². The van der Waals surface area contributed by atoms with Gasteiger partial charge in [-0.05, 0) is 42.0 Å². The van der Waals surface area contributed by atoms with E-state index in [-0.39, 0.29) is 4.75 Å². The number of thioether (sulfide) groups is 1. The fraction of sp³-hybridized carbons (Fsp3) is 0.100. The monoisotopic (exact) mass is 442 g/mol. The van der Waals surface area contributed by atoms with Gasteiger partial charge in [0.25, 0.3) is 0 Å². The molecule has 3 heterocycles. The van der Waals surface area contributed by atoms with Crippen LogP contribution in [0.25, 0.3) is 27.3 Å². The van der Waals surface area contributed by atoms with Gasteiger partial charge in [-0.15, -0.1) is 11.8 Å². The van der Waals surface area contributed by atoms with Crippen LogP contribution >= 0.6 is 11.8 Å². The van der Waals surface area contributed by atoms with Crippen molar-refractivity contribution in [3.63, 3.8) is 0 Å². The summed E-state index contributed by atoms with van der Waals surface area (Å²) in [6.07, 6.45) is 0. The van der Waals surface area contributed by atoms with E-state index in [1.165, 1.54) is 49.0 Å². The van der Waals surface area contributed by atoms with Gasteiger partial charge < -0.3 is 0 Å². The van der Waals surface area contributed by atoms with E-state index in [2.05, 4.69) is 115 Å². The maximum atomic E-state index is 5.22. The minimum Gasteiger partial charge on any atom is -0.293 e. The van der Waals surface area contributed by atoms with Crippen LogP contribution in [-0.2, 0) is 4.75 Å². The van der Waals surface area contributed by atoms with E-state index in [9.17, 15) is 0 Å². The van der Waals surface area contributed by atoms with Gasteiger partial charge in [0.1, 0.15) is 10.4 Å². The quantitative estimate of drug-likeness (QED) is 0.256. The molecule has 2 nitrogen and oxygen atoms in total. The Morgan fingerprint density at radius 2 is 1.30 bits per heavy atom. The number of aromatic nitrogens is 2. The standard InChI is InChI=1S/C30H22N2S/c1-19-17-18-25-27-26(19)23-15-9-10-16-24(23)29-31-20(2)28(32(27)29)30(33-25,21-11-5-3-6-12-21)22-13-7-4-8-14-22/h3-18H,1-2H3. The van der Waals surface area contributed by atoms with Crippen molar-refractivity contribution in [1.82, 2.24) is 9.38 Å². The van der Waals surface area contributed by atoms with Crippen LogP contribution in [-0.4, -0.2) is 9.38 Å². The first-order chi connectivity index (χ1) is 16.2. The average Bonchev–Trinajstić information content (AvgIpc) is 3.23. The van der Waals surface area contributed by atoms with Crippen LogP contribution in [0.2, 0.25) is 0 Å². The molecule has 0 amide bonds. The summed E-state index contributed by atoms with van der Waals surface area (Å²) in [5, 5.41) is 3.82. The van der Waals surface area contributed by atoms with Gasteiger partial charge >= 0.3 is 0 Å². The van der Waals surface area contributed by atoms with Crippen molar-refractivity contribution >= 4 is 39.1 Å². The zero-order chi connectivity index (χ0) is 22.2. The summed E-state index contributed by atoms with van der Waals surface area (Å²) >= 11 is 1.95. The van der Waals surface area contributed by atoms with E-state index in [1.807, 2.05) is 11.8 Å². The molecule has 0 aliphatic carbocycles. The third-order valence-corrected chi connectivity index (χ3v) is 8.54. The summed E-state index contributed by atoms with van der Waals surface area (Å²) in [6.45, 7) is 4.40. The molecule has 33 heavy (non-hydrogen) atoms. The molecule has 0 atom stereocenters. The van der Waals surface area contributed by atoms with Gasteiger partial charge in [0, 0.05) is 15.7 Å². The lowest BCUT2D eigenvalue weighted by molar-refractivity contribution is 0.818. The number of aryl methyl sites for hydroxylation is 2. The summed E-state index contributed by atoms with van der Waals surface area (Å²) in [7, 11) is 0. The van der Waals surface area contributed by atoms with Crippen LogP contribution in [0.15, 0.2) is 102 Å². The molecule has 1 aliphatic heterocycles. The van der Waals surface area contributed by atoms with Crippen molar-refractivity contribution in [2.75, 3.05) is 0 Å². The third kappa shape index (κ3) is 2.38. The lowest BCUT2D eigenvalue weighted by atomic mass is 9.86. The summed E-state index contributed by atoms with van der Waals surface area (Å²) in [6, 6.07) is 35.1. The molecule has 2 aromatic heterocycles. The SMILES string of the molecule is Cc1nc2c3ccccc3c3c(C)ccc4c3n2c1C(c1ccccc1)(c1ccccc1)S4. The van der Waals surface area contributed by atoms with Gasteiger partial charge in [-0.25, -0.2) is 4.98 Å². The molecular formula is C30H22N2S. The van der Waals surface area contributed by atoms with E-state index >= 15 is 0 Å². The number of rotatable bonds is 2. The van der Waals surface area contributed by atoms with Gasteiger partial charge in [0.05, 0.1) is 16.9 Å². The first-order valence-corrected chi connectivity index (χ1v) is 12.2. The van der Waals surface area contributed by atoms with Crippen molar-refractivity contribution < 1.29 is 0 Å². The smallest absolute Gasteiger partial charge is 0.145 e. The highest BCUT2D eigenvalue weighted by Gasteiger charge is 2.45. The molecule has 0 unspecified atom stereocenters. The van der Waals surface area contributed by atoms with E-state index in [0.717, 1.165) is 11.3 Å². The number of nitrogens with zero attached hydrogens (tertiary/aromatic N) is 2. The molecule has 7 rings (SSSR count). The van der Waals surface area contributed by atoms with Crippen molar-refractivity contribution in [2.24, 2.45) is 0 Å². The molecule has 3 heteroatoms. The highest BCUT2D eigenvalue weighted by Crippen LogP contribution is 2.57. The van der Waals surface area contributed by atoms with Crippen LogP contribution in [0.3, 0.4) is 0 Å². The van der Waals surface area contributed by atoms with Crippen LogP contribution < -0.4 is 0 Å². The fourth-order valence-corrected chi connectivity index (χ4v) is 7.27. The molecule has 0 spiro atoms. The fourth-order valence-electron chi connectivity index (χ4n) is 5.67. The number of hydrogen-bond acceptors (Lipinski definition) is 2. The highest BCUT2D eigenvalue weighted by atomic mass is 32.2. The van der Waals surface area contributed by atoms with Crippen LogP contribution in [0, 0.1) is 13.8 Å². The second-order valence-electron chi connectivity index (χ2n) is 8.87. The van der Waals surface area contributed by atoms with Crippen molar-refractivity contribution in [2.45, 2.75) is 23.5 Å². The first kappa shape index (κ1) is 19.0. The Bertz CT molecular complexity index is 1660. The van der Waals surface area contributed by atoms with Gasteiger partial charge in [-0.1, -0.05) is 91.0 Å². The summed E-state index contributed by atoms with van der Waals surface area (Å²) < 4.78 is 2.08. The van der Waals surface area contributed by atoms with E-state index in [4.69, 9.17) is 4.98 Å². The average molecular weight is 443 g/mol. The van der Waals surface area contributed by atoms with E-state index in [0.29, 0.717) is 0 Å². The molecule has 0 saturated heterocycles. The summed E-state index contributed by atoms with van der Waals surface area (Å²) in [5.74, 6) is 0. The Kier molecular flexibility index (Phi) is 3.86. The highest BCUT2D eigenvalue weighted by molar-refractivity contribution is 8.01. The predicted octanol–water partition coefficient (Wildman–Crippen LogP) is 7.66. The minimum atomic E-state index is -0.385. The molecule has 0 fully saturated rings. The molecule has 1 aliphatic rings. The lowest BCUT2D eigenvalue weighted by Crippen LogP contribution is -2.30. The van der Waals surface area contributed by atoms with Gasteiger partial charge in [-0.2, -0.15) is 0 Å². The lowest BCUT2D eigenvalue weighted by Gasteiger charge is -2.38. The van der Waals surface area contributed by atoms with Gasteiger partial charge in [-0.3, -0.25) is 4.40 Å². The number of imidazole rings is 1. The second kappa shape index (κ2) is 6.72. The van der Waals surface area contributed by atoms with E-state index < -0.39 is 0 Å². The molecule has 0 radical (unpaired) electrons. The number of hydrogen-bond donors (Lipinski definition) is 0. The zero-order valence-corrected chi connectivity index (χ0v) is 19.4. The number of benzene rings is 4. The van der Waals surface area contributed by atoms with Crippen molar-refractivity contribution in [3.8, 4) is 0 Å². The Morgan fingerprint density at radius 3 is 1.97 bits per heavy atom. The number of pyridine rings is 1. The maximum absolute atomic E-state index is 5.22. The topological polar surface area (TPSA) is 17.3 Å². The molecular weight excluding hydrogens is 420 g/mol. The van der Waals surface area contributed by atoms with Gasteiger partial charge in [0.2, 0.25) is 0 Å². The molecule has 0 N–H and O–H groups in total. The normalized spacial score (nSPS) is 14.5. The van der Waals surface area contributed by atoms with Crippen LogP contribution in [0.4, 0.5) is 0 Å². The second-order valence-corrected chi connectivity index (χ2v) is 10.1. The van der Waals surface area contributed by atoms with Gasteiger partial charge in [0.15, 0.2) is 0 Å². The summed E-state index contributed by atoms with van der Waals surface area (Å²) in [5.41, 5.74) is 8.53. The largest absolute Gasteiger partial charge is 0.293 e.